The average molecular weight is 240 g/mol. The quantitative estimate of drug-likeness (QED) is 0.752. The molecule has 96 valence electrons. The normalized spacial score (nSPS) is 11.1. The minimum atomic E-state index is -0.404. The number of primary amides is 1. The van der Waals surface area contributed by atoms with Crippen molar-refractivity contribution in [1.29, 1.82) is 0 Å². The van der Waals surface area contributed by atoms with E-state index in [0.717, 1.165) is 18.7 Å². The number of hydrogen-bond donors (Lipinski definition) is 1. The number of amides is 1. The molecule has 17 heavy (non-hydrogen) atoms. The lowest BCUT2D eigenvalue weighted by molar-refractivity contribution is -0.117. The molecule has 0 atom stereocenters. The largest absolute Gasteiger partial charge is 0.378 e. The highest BCUT2D eigenvalue weighted by Crippen LogP contribution is 2.10. The summed E-state index contributed by atoms with van der Waals surface area (Å²) in [5.41, 5.74) is 6.62. The van der Waals surface area contributed by atoms with E-state index in [1.807, 2.05) is 0 Å². The zero-order chi connectivity index (χ0) is 12.8. The molecule has 1 amide bonds. The SMILES string of the molecule is COCc1c(CC(N)=O)nnn1CCC(C)C. The van der Waals surface area contributed by atoms with Gasteiger partial charge in [-0.15, -0.1) is 5.10 Å². The van der Waals surface area contributed by atoms with Crippen LogP contribution in [0.3, 0.4) is 0 Å². The van der Waals surface area contributed by atoms with E-state index in [4.69, 9.17) is 10.5 Å². The summed E-state index contributed by atoms with van der Waals surface area (Å²) in [7, 11) is 1.60. The summed E-state index contributed by atoms with van der Waals surface area (Å²) < 4.78 is 6.90. The van der Waals surface area contributed by atoms with Crippen LogP contribution in [0.1, 0.15) is 31.7 Å². The Hall–Kier alpha value is -1.43. The summed E-state index contributed by atoms with van der Waals surface area (Å²) in [6, 6.07) is 0. The van der Waals surface area contributed by atoms with Crippen LogP contribution in [-0.2, 0) is 29.1 Å². The Labute approximate surface area is 101 Å². The molecule has 0 saturated heterocycles. The van der Waals surface area contributed by atoms with Crippen LogP contribution < -0.4 is 5.73 Å². The highest BCUT2D eigenvalue weighted by atomic mass is 16.5. The molecule has 0 spiro atoms. The fourth-order valence-corrected chi connectivity index (χ4v) is 1.53. The number of nitrogens with zero attached hydrogens (tertiary/aromatic N) is 3. The number of carbonyl (C=O) groups excluding carboxylic acids is 1. The molecule has 0 fully saturated rings. The first-order valence-corrected chi connectivity index (χ1v) is 5.73. The first-order valence-electron chi connectivity index (χ1n) is 5.73. The minimum Gasteiger partial charge on any atom is -0.378 e. The van der Waals surface area contributed by atoms with E-state index in [9.17, 15) is 4.79 Å². The highest BCUT2D eigenvalue weighted by molar-refractivity contribution is 5.76. The third kappa shape index (κ3) is 4.14. The fraction of sp³-hybridized carbons (Fsp3) is 0.727. The molecule has 1 aromatic rings. The second-order valence-corrected chi connectivity index (χ2v) is 4.46. The van der Waals surface area contributed by atoms with Crippen molar-refractivity contribution in [3.8, 4) is 0 Å². The highest BCUT2D eigenvalue weighted by Gasteiger charge is 2.14. The smallest absolute Gasteiger partial charge is 0.223 e. The zero-order valence-electron chi connectivity index (χ0n) is 10.6. The second-order valence-electron chi connectivity index (χ2n) is 4.46. The zero-order valence-corrected chi connectivity index (χ0v) is 10.6. The Kier molecular flexibility index (Phi) is 5.09. The van der Waals surface area contributed by atoms with Crippen molar-refractivity contribution < 1.29 is 9.53 Å². The maximum Gasteiger partial charge on any atom is 0.223 e. The summed E-state index contributed by atoms with van der Waals surface area (Å²) >= 11 is 0. The molecule has 6 heteroatoms. The van der Waals surface area contributed by atoms with Gasteiger partial charge in [0.1, 0.15) is 0 Å². The second kappa shape index (κ2) is 6.34. The van der Waals surface area contributed by atoms with E-state index in [0.29, 0.717) is 18.2 Å². The van der Waals surface area contributed by atoms with Gasteiger partial charge in [-0.25, -0.2) is 4.68 Å². The standard InChI is InChI=1S/C11H20N4O2/c1-8(2)4-5-15-10(7-17-3)9(13-14-15)6-11(12)16/h8H,4-7H2,1-3H3,(H2,12,16). The molecular weight excluding hydrogens is 220 g/mol. The molecule has 1 aromatic heterocycles. The summed E-state index contributed by atoms with van der Waals surface area (Å²) in [5, 5.41) is 8.02. The molecule has 0 aliphatic heterocycles. The van der Waals surface area contributed by atoms with Crippen molar-refractivity contribution in [2.24, 2.45) is 11.7 Å². The van der Waals surface area contributed by atoms with E-state index >= 15 is 0 Å². The van der Waals surface area contributed by atoms with Crippen molar-refractivity contribution in [1.82, 2.24) is 15.0 Å². The molecule has 0 saturated carbocycles. The van der Waals surface area contributed by atoms with Gasteiger partial charge in [0, 0.05) is 13.7 Å². The number of nitrogens with two attached hydrogens (primary N) is 1. The van der Waals surface area contributed by atoms with E-state index < -0.39 is 5.91 Å². The van der Waals surface area contributed by atoms with Gasteiger partial charge in [-0.2, -0.15) is 0 Å². The molecule has 0 aliphatic rings. The van der Waals surface area contributed by atoms with Crippen LogP contribution in [0.25, 0.3) is 0 Å². The monoisotopic (exact) mass is 240 g/mol. The van der Waals surface area contributed by atoms with Gasteiger partial charge in [-0.1, -0.05) is 19.1 Å². The molecule has 2 N–H and O–H groups in total. The summed E-state index contributed by atoms with van der Waals surface area (Å²) in [6.45, 7) is 5.48. The van der Waals surface area contributed by atoms with Crippen LogP contribution in [0.5, 0.6) is 0 Å². The van der Waals surface area contributed by atoms with Gasteiger partial charge in [0.25, 0.3) is 0 Å². The predicted octanol–water partition coefficient (Wildman–Crippen LogP) is 0.498. The summed E-state index contributed by atoms with van der Waals surface area (Å²) in [4.78, 5) is 10.9. The Balaban J connectivity index is 2.81. The molecule has 0 aliphatic carbocycles. The fourth-order valence-electron chi connectivity index (χ4n) is 1.53. The summed E-state index contributed by atoms with van der Waals surface area (Å²) in [5.74, 6) is 0.187. The van der Waals surface area contributed by atoms with Crippen LogP contribution in [0.4, 0.5) is 0 Å². The lowest BCUT2D eigenvalue weighted by Gasteiger charge is -2.08. The lowest BCUT2D eigenvalue weighted by atomic mass is 10.1. The lowest BCUT2D eigenvalue weighted by Crippen LogP contribution is -2.16. The topological polar surface area (TPSA) is 83.0 Å². The molecular formula is C11H20N4O2. The van der Waals surface area contributed by atoms with E-state index in [2.05, 4.69) is 24.2 Å². The van der Waals surface area contributed by atoms with Crippen molar-refractivity contribution >= 4 is 5.91 Å². The number of aryl methyl sites for hydroxylation is 1. The predicted molar refractivity (Wildman–Crippen MR) is 63.1 cm³/mol. The van der Waals surface area contributed by atoms with Gasteiger partial charge in [0.05, 0.1) is 24.4 Å². The van der Waals surface area contributed by atoms with Gasteiger partial charge < -0.3 is 10.5 Å². The van der Waals surface area contributed by atoms with Gasteiger partial charge in [0.15, 0.2) is 0 Å². The minimum absolute atomic E-state index is 0.111. The number of aromatic nitrogens is 3. The van der Waals surface area contributed by atoms with Crippen LogP contribution in [-0.4, -0.2) is 28.0 Å². The third-order valence-corrected chi connectivity index (χ3v) is 2.46. The first kappa shape index (κ1) is 13.6. The van der Waals surface area contributed by atoms with Crippen molar-refractivity contribution in [2.75, 3.05) is 7.11 Å². The number of hydrogen-bond acceptors (Lipinski definition) is 4. The average Bonchev–Trinajstić information content (AvgIpc) is 2.58. The number of methoxy groups -OCH3 is 1. The van der Waals surface area contributed by atoms with Gasteiger partial charge in [0.2, 0.25) is 5.91 Å². The number of carbonyl (C=O) groups is 1. The van der Waals surface area contributed by atoms with Gasteiger partial charge >= 0.3 is 0 Å². The van der Waals surface area contributed by atoms with Crippen molar-refractivity contribution in [3.63, 3.8) is 0 Å². The van der Waals surface area contributed by atoms with Crippen LogP contribution in [0.15, 0.2) is 0 Å². The van der Waals surface area contributed by atoms with Crippen LogP contribution in [0, 0.1) is 5.92 Å². The Morgan fingerprint density at radius 3 is 2.76 bits per heavy atom. The third-order valence-electron chi connectivity index (χ3n) is 2.46. The maximum atomic E-state index is 10.9. The Morgan fingerprint density at radius 2 is 2.24 bits per heavy atom. The van der Waals surface area contributed by atoms with E-state index in [1.165, 1.54) is 0 Å². The Bertz CT molecular complexity index is 374. The molecule has 0 radical (unpaired) electrons. The van der Waals surface area contributed by atoms with Crippen LogP contribution >= 0.6 is 0 Å². The first-order chi connectivity index (χ1) is 8.04. The molecule has 0 unspecified atom stereocenters. The summed E-state index contributed by atoms with van der Waals surface area (Å²) in [6.07, 6.45) is 1.12. The van der Waals surface area contributed by atoms with Crippen molar-refractivity contribution in [2.45, 2.75) is 39.8 Å². The van der Waals surface area contributed by atoms with E-state index in [1.54, 1.807) is 11.8 Å². The van der Waals surface area contributed by atoms with Crippen LogP contribution in [0.2, 0.25) is 0 Å². The number of ether oxygens (including phenoxy) is 1. The van der Waals surface area contributed by atoms with Crippen molar-refractivity contribution in [3.05, 3.63) is 11.4 Å². The van der Waals surface area contributed by atoms with Gasteiger partial charge in [-0.3, -0.25) is 4.79 Å². The molecule has 0 aromatic carbocycles. The van der Waals surface area contributed by atoms with Gasteiger partial charge in [-0.05, 0) is 12.3 Å². The molecule has 6 nitrogen and oxygen atoms in total. The molecule has 1 heterocycles. The number of rotatable bonds is 7. The molecule has 1 rings (SSSR count). The Morgan fingerprint density at radius 1 is 1.53 bits per heavy atom. The molecule has 0 bridgehead atoms. The van der Waals surface area contributed by atoms with E-state index in [-0.39, 0.29) is 6.42 Å². The maximum absolute atomic E-state index is 10.9.